The second-order valence-electron chi connectivity index (χ2n) is 8.73. The van der Waals surface area contributed by atoms with E-state index >= 15 is 0 Å². The average molecular weight is 495 g/mol. The second kappa shape index (κ2) is 9.01. The second-order valence-corrected chi connectivity index (χ2v) is 10.7. The van der Waals surface area contributed by atoms with E-state index in [2.05, 4.69) is 22.3 Å². The largest absolute Gasteiger partial charge is 0.433 e. The standard InChI is InChI=1S/C23H25F3N4O3S/c1-3-14-7-9-16(10-8-14)30-13-15-11-19(20(34(2,32)33)12-18(15)29-30)28-22(31)17-5-4-6-21(27-17)23(24,25)26/h4-6,11-14,16H,3,7-10H2,1-2H3,(H,28,31). The van der Waals surface area contributed by atoms with Crippen LogP contribution in [0.1, 0.15) is 61.3 Å². The van der Waals surface area contributed by atoms with Crippen molar-refractivity contribution >= 4 is 32.3 Å². The summed E-state index contributed by atoms with van der Waals surface area (Å²) in [5.41, 5.74) is -1.25. The maximum Gasteiger partial charge on any atom is 0.433 e. The van der Waals surface area contributed by atoms with Crippen molar-refractivity contribution in [3.63, 3.8) is 0 Å². The number of aromatic nitrogens is 3. The van der Waals surface area contributed by atoms with E-state index in [1.807, 2.05) is 10.9 Å². The van der Waals surface area contributed by atoms with Gasteiger partial charge in [0.05, 0.1) is 22.1 Å². The van der Waals surface area contributed by atoms with E-state index < -0.39 is 33.3 Å². The van der Waals surface area contributed by atoms with Crippen LogP contribution in [0.5, 0.6) is 0 Å². The van der Waals surface area contributed by atoms with Crippen LogP contribution in [-0.2, 0) is 16.0 Å². The molecular formula is C23H25F3N4O3S. The molecule has 0 bridgehead atoms. The molecule has 1 aliphatic carbocycles. The molecule has 1 N–H and O–H groups in total. The van der Waals surface area contributed by atoms with Gasteiger partial charge in [0, 0.05) is 17.8 Å². The van der Waals surface area contributed by atoms with Crippen LogP contribution < -0.4 is 5.32 Å². The number of anilines is 1. The zero-order chi connectivity index (χ0) is 24.7. The Morgan fingerprint density at radius 3 is 2.50 bits per heavy atom. The molecule has 34 heavy (non-hydrogen) atoms. The van der Waals surface area contributed by atoms with Crippen LogP contribution in [0.3, 0.4) is 0 Å². The molecule has 1 aromatic carbocycles. The van der Waals surface area contributed by atoms with Crippen LogP contribution in [0, 0.1) is 5.92 Å². The molecule has 0 spiro atoms. The number of alkyl halides is 3. The van der Waals surface area contributed by atoms with E-state index in [9.17, 15) is 26.4 Å². The van der Waals surface area contributed by atoms with E-state index in [0.717, 1.165) is 56.6 Å². The van der Waals surface area contributed by atoms with E-state index in [1.165, 1.54) is 12.1 Å². The predicted octanol–water partition coefficient (Wildman–Crippen LogP) is 5.25. The number of nitrogens with one attached hydrogen (secondary N) is 1. The summed E-state index contributed by atoms with van der Waals surface area (Å²) in [6, 6.07) is 6.04. The van der Waals surface area contributed by atoms with Crippen LogP contribution in [0.15, 0.2) is 41.4 Å². The van der Waals surface area contributed by atoms with Gasteiger partial charge in [0.1, 0.15) is 11.4 Å². The molecule has 1 amide bonds. The number of amides is 1. The highest BCUT2D eigenvalue weighted by Crippen LogP contribution is 2.35. The van der Waals surface area contributed by atoms with Gasteiger partial charge >= 0.3 is 6.18 Å². The van der Waals surface area contributed by atoms with Gasteiger partial charge in [-0.1, -0.05) is 19.4 Å². The Balaban J connectivity index is 1.67. The fraction of sp³-hybridized carbons (Fsp3) is 0.435. The Labute approximate surface area is 195 Å². The summed E-state index contributed by atoms with van der Waals surface area (Å²) >= 11 is 0. The first kappa shape index (κ1) is 24.2. The molecule has 0 unspecified atom stereocenters. The zero-order valence-electron chi connectivity index (χ0n) is 18.8. The maximum absolute atomic E-state index is 13.0. The lowest BCUT2D eigenvalue weighted by molar-refractivity contribution is -0.141. The van der Waals surface area contributed by atoms with Crippen molar-refractivity contribution in [2.24, 2.45) is 5.92 Å². The summed E-state index contributed by atoms with van der Waals surface area (Å²) in [5, 5.41) is 7.62. The number of hydrogen-bond donors (Lipinski definition) is 1. The molecule has 3 aromatic rings. The average Bonchev–Trinajstić information content (AvgIpc) is 3.20. The van der Waals surface area contributed by atoms with Crippen LogP contribution in [-0.4, -0.2) is 35.3 Å². The molecule has 2 heterocycles. The summed E-state index contributed by atoms with van der Waals surface area (Å²) in [4.78, 5) is 15.9. The quantitative estimate of drug-likeness (QED) is 0.523. The van der Waals surface area contributed by atoms with Crippen molar-refractivity contribution < 1.29 is 26.4 Å². The number of sulfone groups is 1. The third kappa shape index (κ3) is 5.08. The Morgan fingerprint density at radius 1 is 1.18 bits per heavy atom. The molecule has 0 aliphatic heterocycles. The summed E-state index contributed by atoms with van der Waals surface area (Å²) in [6.07, 6.45) is 3.43. The fourth-order valence-corrected chi connectivity index (χ4v) is 5.22. The van der Waals surface area contributed by atoms with Gasteiger partial charge in [-0.3, -0.25) is 9.48 Å². The Bertz CT molecular complexity index is 1330. The van der Waals surface area contributed by atoms with Crippen molar-refractivity contribution in [1.29, 1.82) is 0 Å². The Hall–Kier alpha value is -2.95. The first-order valence-electron chi connectivity index (χ1n) is 11.0. The highest BCUT2D eigenvalue weighted by molar-refractivity contribution is 7.90. The van der Waals surface area contributed by atoms with Gasteiger partial charge in [0.25, 0.3) is 5.91 Å². The van der Waals surface area contributed by atoms with Crippen molar-refractivity contribution in [3.05, 3.63) is 47.9 Å². The molecule has 0 atom stereocenters. The van der Waals surface area contributed by atoms with Crippen LogP contribution in [0.4, 0.5) is 18.9 Å². The lowest BCUT2D eigenvalue weighted by atomic mass is 9.85. The number of carbonyl (C=O) groups is 1. The molecule has 0 radical (unpaired) electrons. The lowest BCUT2D eigenvalue weighted by Crippen LogP contribution is -2.18. The third-order valence-electron chi connectivity index (χ3n) is 6.31. The number of rotatable bonds is 5. The van der Waals surface area contributed by atoms with E-state index in [0.29, 0.717) is 16.8 Å². The SMILES string of the molecule is CCC1CCC(n2cc3cc(NC(=O)c4cccc(C(F)(F)F)n4)c(S(C)(=O)=O)cc3n2)CC1. The molecule has 0 saturated heterocycles. The molecule has 4 rings (SSSR count). The molecule has 1 aliphatic rings. The third-order valence-corrected chi connectivity index (χ3v) is 7.45. The molecule has 2 aromatic heterocycles. The predicted molar refractivity (Wildman–Crippen MR) is 121 cm³/mol. The highest BCUT2D eigenvalue weighted by Gasteiger charge is 2.33. The highest BCUT2D eigenvalue weighted by atomic mass is 32.2. The summed E-state index contributed by atoms with van der Waals surface area (Å²) < 4.78 is 65.6. The first-order chi connectivity index (χ1) is 16.0. The first-order valence-corrected chi connectivity index (χ1v) is 12.9. The van der Waals surface area contributed by atoms with Gasteiger partial charge in [-0.05, 0) is 55.9 Å². The molecule has 1 saturated carbocycles. The van der Waals surface area contributed by atoms with Crippen LogP contribution >= 0.6 is 0 Å². The van der Waals surface area contributed by atoms with Crippen LogP contribution in [0.25, 0.3) is 10.9 Å². The van der Waals surface area contributed by atoms with E-state index in [-0.39, 0.29) is 16.6 Å². The van der Waals surface area contributed by atoms with Crippen LogP contribution in [0.2, 0.25) is 0 Å². The van der Waals surface area contributed by atoms with Crippen molar-refractivity contribution in [3.8, 4) is 0 Å². The van der Waals surface area contributed by atoms with Gasteiger partial charge in [0.2, 0.25) is 0 Å². The molecule has 11 heteroatoms. The number of carbonyl (C=O) groups excluding carboxylic acids is 1. The van der Waals surface area contributed by atoms with Gasteiger partial charge in [-0.2, -0.15) is 18.3 Å². The lowest BCUT2D eigenvalue weighted by Gasteiger charge is -2.27. The topological polar surface area (TPSA) is 94.0 Å². The fourth-order valence-electron chi connectivity index (χ4n) is 4.39. The normalized spacial score (nSPS) is 19.3. The number of fused-ring (bicyclic) bond motifs is 1. The smallest absolute Gasteiger partial charge is 0.319 e. The van der Waals surface area contributed by atoms with Gasteiger partial charge in [0.15, 0.2) is 9.84 Å². The van der Waals surface area contributed by atoms with Crippen molar-refractivity contribution in [2.45, 2.75) is 56.1 Å². The monoisotopic (exact) mass is 494 g/mol. The van der Waals surface area contributed by atoms with Gasteiger partial charge < -0.3 is 5.32 Å². The Morgan fingerprint density at radius 2 is 1.88 bits per heavy atom. The molecule has 1 fully saturated rings. The summed E-state index contributed by atoms with van der Waals surface area (Å²) in [5.74, 6) is -0.232. The molecule has 182 valence electrons. The number of hydrogen-bond acceptors (Lipinski definition) is 5. The Kier molecular flexibility index (Phi) is 6.41. The minimum Gasteiger partial charge on any atom is -0.319 e. The molecule has 7 nitrogen and oxygen atoms in total. The minimum atomic E-state index is -4.71. The van der Waals surface area contributed by atoms with E-state index in [4.69, 9.17) is 0 Å². The number of halogens is 3. The number of benzene rings is 1. The maximum atomic E-state index is 13.0. The van der Waals surface area contributed by atoms with E-state index in [1.54, 1.807) is 0 Å². The van der Waals surface area contributed by atoms with Crippen molar-refractivity contribution in [1.82, 2.24) is 14.8 Å². The minimum absolute atomic E-state index is 0.0338. The summed E-state index contributed by atoms with van der Waals surface area (Å²) in [6.45, 7) is 2.19. The van der Waals surface area contributed by atoms with Crippen molar-refractivity contribution in [2.75, 3.05) is 11.6 Å². The number of nitrogens with zero attached hydrogens (tertiary/aromatic N) is 3. The van der Waals surface area contributed by atoms with Gasteiger partial charge in [-0.15, -0.1) is 0 Å². The summed E-state index contributed by atoms with van der Waals surface area (Å²) in [7, 11) is -3.77. The number of pyridine rings is 1. The zero-order valence-corrected chi connectivity index (χ0v) is 19.6. The van der Waals surface area contributed by atoms with Gasteiger partial charge in [-0.25, -0.2) is 13.4 Å². The molecular weight excluding hydrogens is 469 g/mol.